The van der Waals surface area contributed by atoms with Crippen LogP contribution in [0.15, 0.2) is 0 Å². The first kappa shape index (κ1) is 14.0. The van der Waals surface area contributed by atoms with Crippen molar-refractivity contribution in [2.24, 2.45) is 11.7 Å². The Labute approximate surface area is 109 Å². The molecule has 0 spiro atoms. The maximum Gasteiger partial charge on any atom is 0.158 e. The molecule has 0 aliphatic carbocycles. The molecule has 2 aliphatic rings. The summed E-state index contributed by atoms with van der Waals surface area (Å²) < 4.78 is 11.3. The summed E-state index contributed by atoms with van der Waals surface area (Å²) in [6, 6.07) is 0. The van der Waals surface area contributed by atoms with Crippen molar-refractivity contribution >= 4 is 5.78 Å². The normalized spacial score (nSPS) is 33.3. The van der Waals surface area contributed by atoms with Crippen LogP contribution in [-0.4, -0.2) is 35.7 Å². The molecule has 18 heavy (non-hydrogen) atoms. The number of hydrogen-bond acceptors (Lipinski definition) is 4. The highest BCUT2D eigenvalue weighted by Crippen LogP contribution is 2.44. The number of Topliss-reactive ketones (excluding diaryl/α,β-unsaturated/α-hetero) is 1. The second-order valence-electron chi connectivity index (χ2n) is 6.85. The predicted octanol–water partition coefficient (Wildman–Crippen LogP) is 1.66. The molecule has 4 heteroatoms. The fourth-order valence-electron chi connectivity index (χ4n) is 3.30. The zero-order valence-electron chi connectivity index (χ0n) is 11.9. The van der Waals surface area contributed by atoms with Gasteiger partial charge in [-0.1, -0.05) is 0 Å². The Hall–Kier alpha value is -0.450. The highest BCUT2D eigenvalue weighted by molar-refractivity contribution is 5.91. The van der Waals surface area contributed by atoms with Crippen LogP contribution in [0.1, 0.15) is 47.0 Å². The lowest BCUT2D eigenvalue weighted by Gasteiger charge is -2.36. The van der Waals surface area contributed by atoms with Crippen LogP contribution in [0.3, 0.4) is 0 Å². The number of nitrogens with two attached hydrogens (primary N) is 1. The highest BCUT2D eigenvalue weighted by atomic mass is 16.5. The Balaban J connectivity index is 2.18. The summed E-state index contributed by atoms with van der Waals surface area (Å²) in [5.41, 5.74) is 4.92. The molecule has 0 saturated carbocycles. The minimum atomic E-state index is -0.718. The third-order valence-electron chi connectivity index (χ3n) is 4.27. The first-order chi connectivity index (χ1) is 8.16. The zero-order valence-corrected chi connectivity index (χ0v) is 11.9. The van der Waals surface area contributed by atoms with Crippen LogP contribution in [-0.2, 0) is 14.3 Å². The Morgan fingerprint density at radius 3 is 2.17 bits per heavy atom. The minimum Gasteiger partial charge on any atom is -0.381 e. The van der Waals surface area contributed by atoms with Gasteiger partial charge in [0.15, 0.2) is 5.78 Å². The van der Waals surface area contributed by atoms with E-state index in [4.69, 9.17) is 15.2 Å². The molecule has 2 heterocycles. The number of carbonyl (C=O) groups excluding carboxylic acids is 1. The van der Waals surface area contributed by atoms with Gasteiger partial charge in [-0.25, -0.2) is 0 Å². The summed E-state index contributed by atoms with van der Waals surface area (Å²) >= 11 is 0. The fraction of sp³-hybridized carbons (Fsp3) is 0.929. The minimum absolute atomic E-state index is 0.115. The second-order valence-corrected chi connectivity index (χ2v) is 6.85. The monoisotopic (exact) mass is 255 g/mol. The molecule has 2 N–H and O–H groups in total. The van der Waals surface area contributed by atoms with Crippen LogP contribution >= 0.6 is 0 Å². The number of ketones is 1. The van der Waals surface area contributed by atoms with E-state index in [2.05, 4.69) is 0 Å². The van der Waals surface area contributed by atoms with E-state index in [1.54, 1.807) is 0 Å². The SMILES string of the molecule is CC1(C)CC(C(=O)C2(N)CCOCC2)C(C)(C)O1. The standard InChI is InChI=1S/C14H25NO3/c1-12(2)9-10(13(3,4)18-12)11(16)14(15)5-7-17-8-6-14/h10H,5-9,15H2,1-4H3. The predicted molar refractivity (Wildman–Crippen MR) is 69.3 cm³/mol. The van der Waals surface area contributed by atoms with Gasteiger partial charge in [-0.3, -0.25) is 4.79 Å². The van der Waals surface area contributed by atoms with Gasteiger partial charge in [-0.05, 0) is 47.0 Å². The number of rotatable bonds is 2. The number of carbonyl (C=O) groups is 1. The molecule has 0 radical (unpaired) electrons. The van der Waals surface area contributed by atoms with Crippen LogP contribution in [0.25, 0.3) is 0 Å². The summed E-state index contributed by atoms with van der Waals surface area (Å²) in [5, 5.41) is 0. The molecule has 0 aromatic carbocycles. The summed E-state index contributed by atoms with van der Waals surface area (Å²) in [4.78, 5) is 12.8. The lowest BCUT2D eigenvalue weighted by atomic mass is 9.73. The first-order valence-electron chi connectivity index (χ1n) is 6.77. The molecule has 0 aromatic rings. The molecule has 0 aromatic heterocycles. The average molecular weight is 255 g/mol. The zero-order chi connectivity index (χ0) is 13.6. The van der Waals surface area contributed by atoms with Gasteiger partial charge in [0, 0.05) is 13.2 Å². The molecule has 104 valence electrons. The summed E-state index contributed by atoms with van der Waals surface area (Å²) in [6.07, 6.45) is 2.00. The Morgan fingerprint density at radius 2 is 1.72 bits per heavy atom. The van der Waals surface area contributed by atoms with Crippen LogP contribution < -0.4 is 5.73 Å². The van der Waals surface area contributed by atoms with Crippen molar-refractivity contribution in [3.05, 3.63) is 0 Å². The van der Waals surface area contributed by atoms with Crippen molar-refractivity contribution in [2.75, 3.05) is 13.2 Å². The summed E-state index contributed by atoms with van der Waals surface area (Å²) in [7, 11) is 0. The van der Waals surface area contributed by atoms with Crippen molar-refractivity contribution in [1.82, 2.24) is 0 Å². The number of ether oxygens (including phenoxy) is 2. The van der Waals surface area contributed by atoms with E-state index in [0.717, 1.165) is 6.42 Å². The van der Waals surface area contributed by atoms with Crippen molar-refractivity contribution in [3.63, 3.8) is 0 Å². The Morgan fingerprint density at radius 1 is 1.17 bits per heavy atom. The molecule has 2 saturated heterocycles. The summed E-state index contributed by atoms with van der Waals surface area (Å²) in [5.74, 6) is 0.0389. The molecule has 2 rings (SSSR count). The van der Waals surface area contributed by atoms with Crippen molar-refractivity contribution in [3.8, 4) is 0 Å². The van der Waals surface area contributed by atoms with Crippen molar-refractivity contribution in [1.29, 1.82) is 0 Å². The van der Waals surface area contributed by atoms with Crippen LogP contribution in [0.5, 0.6) is 0 Å². The lowest BCUT2D eigenvalue weighted by Crippen LogP contribution is -2.56. The molecule has 0 amide bonds. The smallest absolute Gasteiger partial charge is 0.158 e. The third kappa shape index (κ3) is 2.46. The van der Waals surface area contributed by atoms with E-state index >= 15 is 0 Å². The molecule has 2 fully saturated rings. The molecule has 4 nitrogen and oxygen atoms in total. The van der Waals surface area contributed by atoms with Crippen LogP contribution in [0.4, 0.5) is 0 Å². The van der Waals surface area contributed by atoms with Gasteiger partial charge in [0.05, 0.1) is 22.7 Å². The van der Waals surface area contributed by atoms with Crippen LogP contribution in [0.2, 0.25) is 0 Å². The lowest BCUT2D eigenvalue weighted by molar-refractivity contribution is -0.138. The third-order valence-corrected chi connectivity index (χ3v) is 4.27. The van der Waals surface area contributed by atoms with E-state index in [1.807, 2.05) is 27.7 Å². The topological polar surface area (TPSA) is 61.6 Å². The number of hydrogen-bond donors (Lipinski definition) is 1. The Bertz CT molecular complexity index is 343. The maximum absolute atomic E-state index is 12.8. The quantitative estimate of drug-likeness (QED) is 0.815. The molecule has 1 unspecified atom stereocenters. The largest absolute Gasteiger partial charge is 0.381 e. The van der Waals surface area contributed by atoms with Gasteiger partial charge in [0.2, 0.25) is 0 Å². The molecule has 0 bridgehead atoms. The molecule has 2 aliphatic heterocycles. The van der Waals surface area contributed by atoms with Gasteiger partial charge in [-0.15, -0.1) is 0 Å². The van der Waals surface area contributed by atoms with E-state index in [1.165, 1.54) is 0 Å². The van der Waals surface area contributed by atoms with E-state index in [9.17, 15) is 4.79 Å². The van der Waals surface area contributed by atoms with Crippen molar-refractivity contribution in [2.45, 2.75) is 63.7 Å². The molecular formula is C14H25NO3. The Kier molecular flexibility index (Phi) is 3.33. The molecular weight excluding hydrogens is 230 g/mol. The van der Waals surface area contributed by atoms with E-state index < -0.39 is 11.1 Å². The highest BCUT2D eigenvalue weighted by Gasteiger charge is 2.53. The van der Waals surface area contributed by atoms with Gasteiger partial charge in [0.1, 0.15) is 0 Å². The van der Waals surface area contributed by atoms with Gasteiger partial charge in [0.25, 0.3) is 0 Å². The summed E-state index contributed by atoms with van der Waals surface area (Å²) in [6.45, 7) is 9.23. The first-order valence-corrected chi connectivity index (χ1v) is 6.77. The van der Waals surface area contributed by atoms with Gasteiger partial charge < -0.3 is 15.2 Å². The van der Waals surface area contributed by atoms with E-state index in [0.29, 0.717) is 26.1 Å². The second kappa shape index (κ2) is 4.29. The fourth-order valence-corrected chi connectivity index (χ4v) is 3.30. The van der Waals surface area contributed by atoms with Gasteiger partial charge in [-0.2, -0.15) is 0 Å². The van der Waals surface area contributed by atoms with E-state index in [-0.39, 0.29) is 17.3 Å². The molecule has 1 atom stereocenters. The average Bonchev–Trinajstić information content (AvgIpc) is 2.46. The van der Waals surface area contributed by atoms with Gasteiger partial charge >= 0.3 is 0 Å². The maximum atomic E-state index is 12.8. The van der Waals surface area contributed by atoms with Crippen LogP contribution in [0, 0.1) is 5.92 Å². The van der Waals surface area contributed by atoms with Crippen molar-refractivity contribution < 1.29 is 14.3 Å².